The highest BCUT2D eigenvalue weighted by Crippen LogP contribution is 2.22. The number of rotatable bonds is 7. The molecule has 0 saturated carbocycles. The van der Waals surface area contributed by atoms with Gasteiger partial charge in [0, 0.05) is 18.0 Å². The van der Waals surface area contributed by atoms with Crippen molar-refractivity contribution in [1.82, 2.24) is 15.5 Å². The van der Waals surface area contributed by atoms with E-state index in [4.69, 9.17) is 9.26 Å². The lowest BCUT2D eigenvalue weighted by molar-refractivity contribution is -0.123. The molecule has 0 bridgehead atoms. The highest BCUT2D eigenvalue weighted by atomic mass is 16.5. The van der Waals surface area contributed by atoms with Crippen LogP contribution in [0, 0.1) is 13.8 Å². The number of ether oxygens (including phenoxy) is 1. The van der Waals surface area contributed by atoms with Gasteiger partial charge in [-0.25, -0.2) is 0 Å². The summed E-state index contributed by atoms with van der Waals surface area (Å²) >= 11 is 0. The van der Waals surface area contributed by atoms with Crippen LogP contribution in [-0.2, 0) is 11.3 Å². The maximum absolute atomic E-state index is 12.0. The number of nitrogens with one attached hydrogen (secondary N) is 1. The summed E-state index contributed by atoms with van der Waals surface area (Å²) < 4.78 is 10.8. The van der Waals surface area contributed by atoms with Crippen LogP contribution in [-0.4, -0.2) is 22.7 Å². The Labute approximate surface area is 164 Å². The normalized spacial score (nSPS) is 10.9. The highest BCUT2D eigenvalue weighted by Gasteiger charge is 2.11. The Morgan fingerprint density at radius 1 is 1.11 bits per heavy atom. The summed E-state index contributed by atoms with van der Waals surface area (Å²) in [6.07, 6.45) is 0. The molecule has 3 rings (SSSR count). The molecule has 0 aliphatic heterocycles. The standard InChI is InChI=1S/C22H25N3O3/c1-14(2)21-24-22(28-25-21)18-7-9-19(10-8-18)27-13-20(26)23-12-17-6-5-15(3)16(4)11-17/h5-11,14H,12-13H2,1-4H3,(H,23,26). The van der Waals surface area contributed by atoms with Crippen molar-refractivity contribution in [3.63, 3.8) is 0 Å². The minimum absolute atomic E-state index is 0.0394. The zero-order chi connectivity index (χ0) is 20.1. The average molecular weight is 379 g/mol. The van der Waals surface area contributed by atoms with Crippen molar-refractivity contribution in [2.45, 2.75) is 40.2 Å². The number of carbonyl (C=O) groups excluding carboxylic acids is 1. The third-order valence-electron chi connectivity index (χ3n) is 4.49. The quantitative estimate of drug-likeness (QED) is 0.667. The first-order chi connectivity index (χ1) is 13.4. The second kappa shape index (κ2) is 8.69. The van der Waals surface area contributed by atoms with E-state index in [1.165, 1.54) is 11.1 Å². The minimum Gasteiger partial charge on any atom is -0.484 e. The second-order valence-electron chi connectivity index (χ2n) is 7.12. The summed E-state index contributed by atoms with van der Waals surface area (Å²) in [5.74, 6) is 1.80. The molecule has 0 fully saturated rings. The van der Waals surface area contributed by atoms with E-state index in [0.717, 1.165) is 11.1 Å². The fourth-order valence-electron chi connectivity index (χ4n) is 2.59. The van der Waals surface area contributed by atoms with Gasteiger partial charge < -0.3 is 14.6 Å². The van der Waals surface area contributed by atoms with E-state index in [2.05, 4.69) is 41.4 Å². The monoisotopic (exact) mass is 379 g/mol. The van der Waals surface area contributed by atoms with Gasteiger partial charge in [0.25, 0.3) is 11.8 Å². The molecule has 3 aromatic rings. The number of nitrogens with zero attached hydrogens (tertiary/aromatic N) is 2. The Morgan fingerprint density at radius 3 is 2.50 bits per heavy atom. The molecule has 6 nitrogen and oxygen atoms in total. The van der Waals surface area contributed by atoms with Crippen LogP contribution in [0.3, 0.4) is 0 Å². The summed E-state index contributed by atoms with van der Waals surface area (Å²) in [5, 5.41) is 6.83. The van der Waals surface area contributed by atoms with Crippen LogP contribution in [0.15, 0.2) is 47.0 Å². The van der Waals surface area contributed by atoms with Crippen molar-refractivity contribution >= 4 is 5.91 Å². The summed E-state index contributed by atoms with van der Waals surface area (Å²) in [5.41, 5.74) is 4.33. The van der Waals surface area contributed by atoms with Gasteiger partial charge in [0.1, 0.15) is 5.75 Å². The third kappa shape index (κ3) is 4.97. The van der Waals surface area contributed by atoms with E-state index in [9.17, 15) is 4.79 Å². The summed E-state index contributed by atoms with van der Waals surface area (Å²) in [6, 6.07) is 13.4. The van der Waals surface area contributed by atoms with Gasteiger partial charge in [0.2, 0.25) is 0 Å². The van der Waals surface area contributed by atoms with Gasteiger partial charge in [-0.3, -0.25) is 4.79 Å². The van der Waals surface area contributed by atoms with E-state index in [0.29, 0.717) is 24.0 Å². The van der Waals surface area contributed by atoms with Crippen LogP contribution in [0.25, 0.3) is 11.5 Å². The molecule has 1 N–H and O–H groups in total. The predicted molar refractivity (Wildman–Crippen MR) is 107 cm³/mol. The molecule has 0 spiro atoms. The second-order valence-corrected chi connectivity index (χ2v) is 7.12. The van der Waals surface area contributed by atoms with E-state index in [-0.39, 0.29) is 18.4 Å². The van der Waals surface area contributed by atoms with Crippen LogP contribution in [0.5, 0.6) is 5.75 Å². The summed E-state index contributed by atoms with van der Waals surface area (Å²) in [7, 11) is 0. The number of carbonyl (C=O) groups is 1. The van der Waals surface area contributed by atoms with E-state index >= 15 is 0 Å². The Morgan fingerprint density at radius 2 is 1.86 bits per heavy atom. The molecule has 0 aliphatic rings. The Hall–Kier alpha value is -3.15. The molecule has 1 amide bonds. The Kier molecular flexibility index (Phi) is 6.09. The molecule has 0 radical (unpaired) electrons. The molecule has 146 valence electrons. The molecule has 2 aromatic carbocycles. The molecule has 6 heteroatoms. The lowest BCUT2D eigenvalue weighted by Crippen LogP contribution is -2.28. The zero-order valence-electron chi connectivity index (χ0n) is 16.7. The van der Waals surface area contributed by atoms with Crippen molar-refractivity contribution in [3.8, 4) is 17.2 Å². The first-order valence-corrected chi connectivity index (χ1v) is 9.32. The fourth-order valence-corrected chi connectivity index (χ4v) is 2.59. The van der Waals surface area contributed by atoms with Crippen molar-refractivity contribution in [2.24, 2.45) is 0 Å². The van der Waals surface area contributed by atoms with E-state index in [1.54, 1.807) is 12.1 Å². The first-order valence-electron chi connectivity index (χ1n) is 9.32. The molecular weight excluding hydrogens is 354 g/mol. The summed E-state index contributed by atoms with van der Waals surface area (Å²) in [4.78, 5) is 16.4. The zero-order valence-corrected chi connectivity index (χ0v) is 16.7. The van der Waals surface area contributed by atoms with E-state index in [1.807, 2.05) is 32.0 Å². The molecular formula is C22H25N3O3. The number of aryl methyl sites for hydroxylation is 2. The molecule has 0 atom stereocenters. The van der Waals surface area contributed by atoms with Crippen LogP contribution < -0.4 is 10.1 Å². The van der Waals surface area contributed by atoms with Crippen molar-refractivity contribution in [2.75, 3.05) is 6.61 Å². The third-order valence-corrected chi connectivity index (χ3v) is 4.49. The fraction of sp³-hybridized carbons (Fsp3) is 0.318. The molecule has 1 heterocycles. The molecule has 0 saturated heterocycles. The van der Waals surface area contributed by atoms with Crippen LogP contribution in [0.4, 0.5) is 0 Å². The largest absolute Gasteiger partial charge is 0.484 e. The van der Waals surface area contributed by atoms with Gasteiger partial charge >= 0.3 is 0 Å². The summed E-state index contributed by atoms with van der Waals surface area (Å²) in [6.45, 7) is 8.59. The molecule has 0 aliphatic carbocycles. The van der Waals surface area contributed by atoms with Crippen LogP contribution in [0.2, 0.25) is 0 Å². The number of hydrogen-bond acceptors (Lipinski definition) is 5. The van der Waals surface area contributed by atoms with E-state index < -0.39 is 0 Å². The van der Waals surface area contributed by atoms with Crippen molar-refractivity contribution < 1.29 is 14.1 Å². The molecule has 28 heavy (non-hydrogen) atoms. The Balaban J connectivity index is 1.49. The Bertz CT molecular complexity index is 946. The topological polar surface area (TPSA) is 77.2 Å². The number of benzene rings is 2. The van der Waals surface area contributed by atoms with Crippen molar-refractivity contribution in [1.29, 1.82) is 0 Å². The highest BCUT2D eigenvalue weighted by molar-refractivity contribution is 5.77. The number of aromatic nitrogens is 2. The van der Waals surface area contributed by atoms with Crippen LogP contribution >= 0.6 is 0 Å². The number of amides is 1. The lowest BCUT2D eigenvalue weighted by atomic mass is 10.1. The minimum atomic E-state index is -0.166. The van der Waals surface area contributed by atoms with Gasteiger partial charge in [-0.05, 0) is 54.8 Å². The van der Waals surface area contributed by atoms with Gasteiger partial charge in [-0.15, -0.1) is 0 Å². The average Bonchev–Trinajstić information content (AvgIpc) is 3.18. The SMILES string of the molecule is Cc1ccc(CNC(=O)COc2ccc(-c3nc(C(C)C)no3)cc2)cc1C. The van der Waals surface area contributed by atoms with Gasteiger partial charge in [0.15, 0.2) is 12.4 Å². The van der Waals surface area contributed by atoms with Gasteiger partial charge in [0.05, 0.1) is 0 Å². The maximum Gasteiger partial charge on any atom is 0.258 e. The molecule has 1 aromatic heterocycles. The lowest BCUT2D eigenvalue weighted by Gasteiger charge is -2.09. The number of hydrogen-bond donors (Lipinski definition) is 1. The molecule has 0 unspecified atom stereocenters. The van der Waals surface area contributed by atoms with Crippen molar-refractivity contribution in [3.05, 3.63) is 65.0 Å². The van der Waals surface area contributed by atoms with Gasteiger partial charge in [-0.1, -0.05) is 37.2 Å². The predicted octanol–water partition coefficient (Wildman–Crippen LogP) is 4.17. The first kappa shape index (κ1) is 19.6. The van der Waals surface area contributed by atoms with Crippen LogP contribution in [0.1, 0.15) is 42.3 Å². The smallest absolute Gasteiger partial charge is 0.258 e. The van der Waals surface area contributed by atoms with Gasteiger partial charge in [-0.2, -0.15) is 4.98 Å². The maximum atomic E-state index is 12.0.